The third kappa shape index (κ3) is 3.54. The maximum Gasteiger partial charge on any atom is 0.226 e. The fourth-order valence-electron chi connectivity index (χ4n) is 3.47. The van der Waals surface area contributed by atoms with Gasteiger partial charge < -0.3 is 4.90 Å². The van der Waals surface area contributed by atoms with Crippen LogP contribution in [0.5, 0.6) is 0 Å². The molecular weight excluding hydrogens is 274 g/mol. The van der Waals surface area contributed by atoms with Crippen molar-refractivity contribution >= 4 is 15.7 Å². The molecule has 2 heterocycles. The van der Waals surface area contributed by atoms with Gasteiger partial charge in [0.05, 0.1) is 11.5 Å². The second-order valence-corrected chi connectivity index (χ2v) is 9.64. The summed E-state index contributed by atoms with van der Waals surface area (Å²) in [5, 5.41) is 0. The zero-order valence-electron chi connectivity index (χ0n) is 12.9. The number of nitrogens with zero attached hydrogens (tertiary/aromatic N) is 1. The predicted molar refractivity (Wildman–Crippen MR) is 80.2 cm³/mol. The lowest BCUT2D eigenvalue weighted by Gasteiger charge is -2.45. The maximum absolute atomic E-state index is 12.8. The molecule has 0 N–H and O–H groups in total. The second-order valence-electron chi connectivity index (χ2n) is 7.34. The van der Waals surface area contributed by atoms with Gasteiger partial charge in [0.2, 0.25) is 5.91 Å². The van der Waals surface area contributed by atoms with Crippen LogP contribution < -0.4 is 0 Å². The first-order chi connectivity index (χ1) is 9.21. The minimum Gasteiger partial charge on any atom is -0.339 e. The SMILES string of the molecule is CC(C)(C)C1CCCCN1C(=O)C1CCS(=O)(=O)CC1. The van der Waals surface area contributed by atoms with Crippen molar-refractivity contribution < 1.29 is 13.2 Å². The molecule has 2 rings (SSSR count). The maximum atomic E-state index is 12.8. The predicted octanol–water partition coefficient (Wildman–Crippen LogP) is 2.24. The second kappa shape index (κ2) is 5.66. The number of likely N-dealkylation sites (tertiary alicyclic amines) is 1. The van der Waals surface area contributed by atoms with Crippen LogP contribution in [-0.2, 0) is 14.6 Å². The van der Waals surface area contributed by atoms with Crippen molar-refractivity contribution in [3.63, 3.8) is 0 Å². The van der Waals surface area contributed by atoms with Gasteiger partial charge in [0.25, 0.3) is 0 Å². The Bertz CT molecular complexity index is 450. The number of piperidine rings is 1. The Balaban J connectivity index is 2.07. The molecule has 2 fully saturated rings. The van der Waals surface area contributed by atoms with Crippen molar-refractivity contribution in [3.05, 3.63) is 0 Å². The Morgan fingerprint density at radius 3 is 2.20 bits per heavy atom. The van der Waals surface area contributed by atoms with Crippen molar-refractivity contribution in [2.75, 3.05) is 18.1 Å². The molecular formula is C15H27NO3S. The Kier molecular flexibility index (Phi) is 4.47. The van der Waals surface area contributed by atoms with Crippen LogP contribution in [-0.4, -0.2) is 43.3 Å². The lowest BCUT2D eigenvalue weighted by Crippen LogP contribution is -2.52. The number of carbonyl (C=O) groups excluding carboxylic acids is 1. The lowest BCUT2D eigenvalue weighted by molar-refractivity contribution is -0.142. The van der Waals surface area contributed by atoms with E-state index in [1.54, 1.807) is 0 Å². The van der Waals surface area contributed by atoms with E-state index in [0.29, 0.717) is 18.9 Å². The van der Waals surface area contributed by atoms with Gasteiger partial charge in [-0.1, -0.05) is 20.8 Å². The van der Waals surface area contributed by atoms with E-state index >= 15 is 0 Å². The van der Waals surface area contributed by atoms with Gasteiger partial charge in [0.15, 0.2) is 0 Å². The highest BCUT2D eigenvalue weighted by Crippen LogP contribution is 2.34. The van der Waals surface area contributed by atoms with Gasteiger partial charge in [-0.2, -0.15) is 0 Å². The number of hydrogen-bond acceptors (Lipinski definition) is 3. The topological polar surface area (TPSA) is 54.5 Å². The number of amides is 1. The Labute approximate surface area is 122 Å². The molecule has 1 atom stereocenters. The molecule has 0 aliphatic carbocycles. The van der Waals surface area contributed by atoms with E-state index < -0.39 is 9.84 Å². The summed E-state index contributed by atoms with van der Waals surface area (Å²) >= 11 is 0. The summed E-state index contributed by atoms with van der Waals surface area (Å²) in [6.45, 7) is 7.40. The highest BCUT2D eigenvalue weighted by molar-refractivity contribution is 7.91. The van der Waals surface area contributed by atoms with Crippen molar-refractivity contribution in [2.24, 2.45) is 11.3 Å². The van der Waals surface area contributed by atoms with Crippen molar-refractivity contribution in [2.45, 2.75) is 58.9 Å². The van der Waals surface area contributed by atoms with Gasteiger partial charge in [-0.3, -0.25) is 4.79 Å². The van der Waals surface area contributed by atoms with Crippen LogP contribution in [0.4, 0.5) is 0 Å². The molecule has 0 saturated carbocycles. The highest BCUT2D eigenvalue weighted by atomic mass is 32.2. The van der Waals surface area contributed by atoms with Crippen LogP contribution in [0, 0.1) is 11.3 Å². The number of carbonyl (C=O) groups is 1. The van der Waals surface area contributed by atoms with Gasteiger partial charge in [-0.15, -0.1) is 0 Å². The Morgan fingerprint density at radius 1 is 1.05 bits per heavy atom. The molecule has 5 heteroatoms. The summed E-state index contributed by atoms with van der Waals surface area (Å²) in [4.78, 5) is 14.8. The molecule has 2 aliphatic rings. The van der Waals surface area contributed by atoms with Gasteiger partial charge in [-0.25, -0.2) is 8.42 Å². The van der Waals surface area contributed by atoms with E-state index in [1.807, 2.05) is 4.90 Å². The zero-order chi connectivity index (χ0) is 15.0. The molecule has 0 aromatic rings. The summed E-state index contributed by atoms with van der Waals surface area (Å²) in [6.07, 6.45) is 4.34. The summed E-state index contributed by atoms with van der Waals surface area (Å²) in [5.74, 6) is 0.468. The molecule has 1 unspecified atom stereocenters. The molecule has 0 radical (unpaired) electrons. The summed E-state index contributed by atoms with van der Waals surface area (Å²) in [6, 6.07) is 0.294. The molecule has 116 valence electrons. The quantitative estimate of drug-likeness (QED) is 0.746. The standard InChI is InChI=1S/C15H27NO3S/c1-15(2,3)13-6-4-5-9-16(13)14(17)12-7-10-20(18,19)11-8-12/h12-13H,4-11H2,1-3H3. The molecule has 0 spiro atoms. The van der Waals surface area contributed by atoms with E-state index in [2.05, 4.69) is 20.8 Å². The zero-order valence-corrected chi connectivity index (χ0v) is 13.7. The van der Waals surface area contributed by atoms with Crippen molar-refractivity contribution in [1.29, 1.82) is 0 Å². The van der Waals surface area contributed by atoms with E-state index in [1.165, 1.54) is 6.42 Å². The minimum atomic E-state index is -2.89. The van der Waals surface area contributed by atoms with Crippen LogP contribution in [0.1, 0.15) is 52.9 Å². The molecule has 1 amide bonds. The third-order valence-electron chi connectivity index (χ3n) is 4.69. The van der Waals surface area contributed by atoms with Crippen molar-refractivity contribution in [3.8, 4) is 0 Å². The van der Waals surface area contributed by atoms with E-state index in [9.17, 15) is 13.2 Å². The smallest absolute Gasteiger partial charge is 0.226 e. The Hall–Kier alpha value is -0.580. The molecule has 2 aliphatic heterocycles. The van der Waals surface area contributed by atoms with Crippen LogP contribution in [0.3, 0.4) is 0 Å². The van der Waals surface area contributed by atoms with Crippen LogP contribution >= 0.6 is 0 Å². The molecule has 2 saturated heterocycles. The Morgan fingerprint density at radius 2 is 1.65 bits per heavy atom. The summed E-state index contributed by atoms with van der Waals surface area (Å²) in [5.41, 5.74) is 0.0941. The third-order valence-corrected chi connectivity index (χ3v) is 6.40. The number of hydrogen-bond donors (Lipinski definition) is 0. The van der Waals surface area contributed by atoms with Gasteiger partial charge >= 0.3 is 0 Å². The molecule has 0 aromatic heterocycles. The van der Waals surface area contributed by atoms with E-state index in [4.69, 9.17) is 0 Å². The fourth-order valence-corrected chi connectivity index (χ4v) is 4.96. The normalized spacial score (nSPS) is 28.4. The first kappa shape index (κ1) is 15.8. The number of sulfone groups is 1. The summed E-state index contributed by atoms with van der Waals surface area (Å²) in [7, 11) is -2.89. The van der Waals surface area contributed by atoms with Crippen LogP contribution in [0.25, 0.3) is 0 Å². The van der Waals surface area contributed by atoms with Crippen LogP contribution in [0.2, 0.25) is 0 Å². The van der Waals surface area contributed by atoms with Gasteiger partial charge in [0.1, 0.15) is 9.84 Å². The average molecular weight is 301 g/mol. The lowest BCUT2D eigenvalue weighted by atomic mass is 9.80. The number of rotatable bonds is 1. The van der Waals surface area contributed by atoms with Gasteiger partial charge in [0, 0.05) is 18.5 Å². The minimum absolute atomic E-state index is 0.0820. The van der Waals surface area contributed by atoms with Crippen molar-refractivity contribution in [1.82, 2.24) is 4.90 Å². The largest absolute Gasteiger partial charge is 0.339 e. The summed E-state index contributed by atoms with van der Waals surface area (Å²) < 4.78 is 23.0. The average Bonchev–Trinajstić information content (AvgIpc) is 2.37. The van der Waals surface area contributed by atoms with E-state index in [-0.39, 0.29) is 28.7 Å². The first-order valence-corrected chi connectivity index (χ1v) is 9.54. The molecule has 0 aromatic carbocycles. The molecule has 0 bridgehead atoms. The van der Waals surface area contributed by atoms with Gasteiger partial charge in [-0.05, 0) is 37.5 Å². The monoisotopic (exact) mass is 301 g/mol. The fraction of sp³-hybridized carbons (Fsp3) is 0.933. The first-order valence-electron chi connectivity index (χ1n) is 7.71. The highest BCUT2D eigenvalue weighted by Gasteiger charge is 2.39. The van der Waals surface area contributed by atoms with Crippen LogP contribution in [0.15, 0.2) is 0 Å². The molecule has 4 nitrogen and oxygen atoms in total. The van der Waals surface area contributed by atoms with E-state index in [0.717, 1.165) is 19.4 Å². The molecule has 20 heavy (non-hydrogen) atoms.